The van der Waals surface area contributed by atoms with Crippen molar-refractivity contribution in [3.63, 3.8) is 0 Å². The molecule has 0 aliphatic heterocycles. The summed E-state index contributed by atoms with van der Waals surface area (Å²) in [5.41, 5.74) is 0. The first-order chi connectivity index (χ1) is 3.65. The Morgan fingerprint density at radius 1 is 1.44 bits per heavy atom. The number of halogens is 1. The third kappa shape index (κ3) is 83.3. The van der Waals surface area contributed by atoms with Crippen LogP contribution in [-0.4, -0.2) is 20.0 Å². The fraction of sp³-hybridized carbons (Fsp3) is 0.667. The first-order valence-electron chi connectivity index (χ1n) is 2.38. The first kappa shape index (κ1) is 16.9. The van der Waals surface area contributed by atoms with Gasteiger partial charge in [0, 0.05) is 0 Å². The topological polar surface area (TPSA) is 0 Å². The van der Waals surface area contributed by atoms with Gasteiger partial charge in [0.25, 0.3) is 0 Å². The van der Waals surface area contributed by atoms with Gasteiger partial charge in [0.05, 0.1) is 0 Å². The van der Waals surface area contributed by atoms with E-state index in [1.807, 2.05) is 6.08 Å². The molecule has 0 aromatic carbocycles. The molecule has 0 amide bonds. The Hall–Kier alpha value is 1.56. The number of rotatable bonds is 1. The summed E-state index contributed by atoms with van der Waals surface area (Å²) in [6.07, 6.45) is 1.81. The largest absolute Gasteiger partial charge is 0.116 e. The van der Waals surface area contributed by atoms with Crippen molar-refractivity contribution in [2.75, 3.05) is 20.0 Å². The van der Waals surface area contributed by atoms with Gasteiger partial charge >= 0.3 is 36.8 Å². The van der Waals surface area contributed by atoms with Gasteiger partial charge < -0.3 is 0 Å². The third-order valence-electron chi connectivity index (χ3n) is 0.0913. The van der Waals surface area contributed by atoms with Crippen molar-refractivity contribution in [3.05, 3.63) is 12.7 Å². The predicted molar refractivity (Wildman–Crippen MR) is 55.1 cm³/mol. The van der Waals surface area contributed by atoms with E-state index >= 15 is 0 Å². The zero-order chi connectivity index (χ0) is 6.99. The van der Waals surface area contributed by atoms with Crippen LogP contribution in [0.3, 0.4) is 0 Å². The molecule has 0 aliphatic carbocycles. The molecule has 0 radical (unpaired) electrons. The van der Waals surface area contributed by atoms with Crippen molar-refractivity contribution in [2.45, 2.75) is 4.89 Å². The second-order valence-electron chi connectivity index (χ2n) is 1.76. The summed E-state index contributed by atoms with van der Waals surface area (Å²) in [5, 5.41) is 0. The molecule has 0 saturated heterocycles. The molecule has 0 unspecified atom stereocenters. The van der Waals surface area contributed by atoms with Gasteiger partial charge in [-0.3, -0.25) is 0 Å². The molecule has 3 heteroatoms. The van der Waals surface area contributed by atoms with E-state index in [2.05, 4.69) is 45.8 Å². The molecular formula is C6H15IPPd. The second-order valence-corrected chi connectivity index (χ2v) is 5.08. The van der Waals surface area contributed by atoms with E-state index in [1.165, 1.54) is 0 Å². The third-order valence-corrected chi connectivity index (χ3v) is 0.540. The molecule has 0 nitrogen and oxygen atoms in total. The molecule has 0 heterocycles. The Morgan fingerprint density at radius 2 is 1.56 bits per heavy atom. The van der Waals surface area contributed by atoms with Crippen LogP contribution in [0.4, 0.5) is 0 Å². The summed E-state index contributed by atoms with van der Waals surface area (Å²) >= 11 is 2.92. The molecule has 0 aromatic rings. The Labute approximate surface area is 88.1 Å². The van der Waals surface area contributed by atoms with Gasteiger partial charge in [0.15, 0.2) is 0 Å². The molecule has 0 fully saturated rings. The van der Waals surface area contributed by atoms with Gasteiger partial charge in [-0.05, 0) is 20.0 Å². The average Bonchev–Trinajstić information content (AvgIpc) is 1.65. The first-order valence-corrected chi connectivity index (χ1v) is 6.16. The Bertz CT molecular complexity index is 45.6. The Morgan fingerprint density at radius 3 is 1.56 bits per heavy atom. The molecule has 0 bridgehead atoms. The van der Waals surface area contributed by atoms with Crippen molar-refractivity contribution >= 4 is 31.9 Å². The number of hydrogen-bond donors (Lipinski definition) is 0. The SMILES string of the molecule is C=C[CH2][Pd].CP(C)C.I. The van der Waals surface area contributed by atoms with E-state index in [9.17, 15) is 0 Å². The van der Waals surface area contributed by atoms with Crippen LogP contribution in [0, 0.1) is 0 Å². The van der Waals surface area contributed by atoms with Crippen molar-refractivity contribution in [1.29, 1.82) is 0 Å². The van der Waals surface area contributed by atoms with Gasteiger partial charge in [-0.15, -0.1) is 31.9 Å². The van der Waals surface area contributed by atoms with E-state index < -0.39 is 0 Å². The predicted octanol–water partition coefficient (Wildman–Crippen LogP) is 3.11. The fourth-order valence-electron chi connectivity index (χ4n) is 0. The summed E-state index contributed by atoms with van der Waals surface area (Å²) in [7, 11) is 0.380. The summed E-state index contributed by atoms with van der Waals surface area (Å²) in [5.74, 6) is 0. The van der Waals surface area contributed by atoms with Crippen LogP contribution >= 0.6 is 31.9 Å². The van der Waals surface area contributed by atoms with Crippen LogP contribution in [-0.2, 0) is 19.2 Å². The number of allylic oxidation sites excluding steroid dienone is 1. The second kappa shape index (κ2) is 16.3. The van der Waals surface area contributed by atoms with Crippen LogP contribution in [0.1, 0.15) is 0 Å². The zero-order valence-electron chi connectivity index (χ0n) is 6.16. The van der Waals surface area contributed by atoms with Crippen molar-refractivity contribution in [1.82, 2.24) is 0 Å². The minimum atomic E-state index is 0. The van der Waals surface area contributed by atoms with Crippen molar-refractivity contribution in [2.24, 2.45) is 0 Å². The normalized spacial score (nSPS) is 6.89. The van der Waals surface area contributed by atoms with Gasteiger partial charge in [-0.2, -0.15) is 0 Å². The van der Waals surface area contributed by atoms with Crippen LogP contribution in [0.5, 0.6) is 0 Å². The Kier molecular flexibility index (Phi) is 30.5. The summed E-state index contributed by atoms with van der Waals surface area (Å²) < 4.78 is 0. The average molecular weight is 351 g/mol. The Balaban J connectivity index is -0.0000000720. The maximum Gasteiger partial charge on any atom is -0.0449 e. The quantitative estimate of drug-likeness (QED) is 0.295. The zero-order valence-corrected chi connectivity index (χ0v) is 10.9. The van der Waals surface area contributed by atoms with Gasteiger partial charge in [0.2, 0.25) is 0 Å². The van der Waals surface area contributed by atoms with Crippen LogP contribution in [0.25, 0.3) is 0 Å². The van der Waals surface area contributed by atoms with Crippen molar-refractivity contribution < 1.29 is 19.2 Å². The minimum absolute atomic E-state index is 0. The number of hydrogen-bond acceptors (Lipinski definition) is 0. The van der Waals surface area contributed by atoms with Gasteiger partial charge in [-0.1, -0.05) is 0 Å². The van der Waals surface area contributed by atoms with Crippen molar-refractivity contribution in [3.8, 4) is 0 Å². The van der Waals surface area contributed by atoms with Gasteiger partial charge in [-0.25, -0.2) is 0 Å². The van der Waals surface area contributed by atoms with Crippen LogP contribution in [0.2, 0.25) is 4.89 Å². The molecule has 0 saturated carbocycles. The summed E-state index contributed by atoms with van der Waals surface area (Å²) in [4.78, 5) is 0.933. The molecule has 61 valence electrons. The summed E-state index contributed by atoms with van der Waals surface area (Å²) in [6.45, 7) is 10.1. The summed E-state index contributed by atoms with van der Waals surface area (Å²) in [6, 6.07) is 0. The van der Waals surface area contributed by atoms with E-state index in [0.717, 1.165) is 4.89 Å². The molecule has 0 rings (SSSR count). The fourth-order valence-corrected chi connectivity index (χ4v) is 0. The molecule has 0 aliphatic rings. The molecule has 0 N–H and O–H groups in total. The van der Waals surface area contributed by atoms with Crippen LogP contribution < -0.4 is 0 Å². The standard InChI is InChI=1S/C3H9P.C3H5.HI.Pd/c1-4(2)3;1-3-2;;/h1-3H3;3H,1-2H2;1H;. The van der Waals surface area contributed by atoms with Crippen LogP contribution in [0.15, 0.2) is 12.7 Å². The smallest absolute Gasteiger partial charge is 0.0449 e. The maximum absolute atomic E-state index is 3.44. The molecule has 0 atom stereocenters. The monoisotopic (exact) mass is 351 g/mol. The molecule has 0 spiro atoms. The maximum atomic E-state index is 3.44. The molecule has 9 heavy (non-hydrogen) atoms. The molecule has 0 aromatic heterocycles. The van der Waals surface area contributed by atoms with Gasteiger partial charge in [0.1, 0.15) is 0 Å². The van der Waals surface area contributed by atoms with E-state index in [1.54, 1.807) is 0 Å². The van der Waals surface area contributed by atoms with E-state index in [0.29, 0.717) is 7.92 Å². The molecular weight excluding hydrogens is 336 g/mol. The van der Waals surface area contributed by atoms with E-state index in [-0.39, 0.29) is 24.0 Å². The minimum Gasteiger partial charge on any atom is -0.116 e. The van der Waals surface area contributed by atoms with E-state index in [4.69, 9.17) is 0 Å².